The van der Waals surface area contributed by atoms with E-state index >= 15 is 0 Å². The van der Waals surface area contributed by atoms with E-state index in [2.05, 4.69) is 45.8 Å². The second-order valence-corrected chi connectivity index (χ2v) is 7.02. The van der Waals surface area contributed by atoms with Crippen molar-refractivity contribution in [1.82, 2.24) is 20.4 Å². The van der Waals surface area contributed by atoms with E-state index in [4.69, 9.17) is 0 Å². The first-order chi connectivity index (χ1) is 12.2. The molecule has 0 atom stereocenters. The molecule has 2 aromatic rings. The molecule has 1 aliphatic rings. The Morgan fingerprint density at radius 1 is 1.24 bits per heavy atom. The second kappa shape index (κ2) is 7.72. The number of guanidine groups is 1. The van der Waals surface area contributed by atoms with E-state index in [9.17, 15) is 0 Å². The van der Waals surface area contributed by atoms with Crippen molar-refractivity contribution < 1.29 is 0 Å². The molecule has 0 spiro atoms. The monoisotopic (exact) mass is 339 g/mol. The van der Waals surface area contributed by atoms with Gasteiger partial charge in [-0.05, 0) is 49.3 Å². The number of hydrogen-bond acceptors (Lipinski definition) is 2. The largest absolute Gasteiger partial charge is 0.356 e. The molecule has 0 saturated heterocycles. The lowest BCUT2D eigenvalue weighted by atomic mass is 9.67. The van der Waals surface area contributed by atoms with Crippen molar-refractivity contribution in [2.75, 3.05) is 13.6 Å². The van der Waals surface area contributed by atoms with E-state index in [1.54, 1.807) is 0 Å². The molecule has 0 amide bonds. The van der Waals surface area contributed by atoms with Crippen molar-refractivity contribution in [3.05, 3.63) is 47.8 Å². The Balaban J connectivity index is 1.62. The summed E-state index contributed by atoms with van der Waals surface area (Å²) < 4.78 is 1.93. The molecule has 134 valence electrons. The van der Waals surface area contributed by atoms with Gasteiger partial charge in [-0.25, -0.2) is 4.68 Å². The van der Waals surface area contributed by atoms with Gasteiger partial charge in [-0.2, -0.15) is 5.10 Å². The minimum atomic E-state index is 0.474. The Bertz CT molecular complexity index is 722. The van der Waals surface area contributed by atoms with Crippen molar-refractivity contribution in [2.45, 2.75) is 46.1 Å². The number of nitrogens with zero attached hydrogens (tertiary/aromatic N) is 3. The zero-order valence-electron chi connectivity index (χ0n) is 15.5. The Morgan fingerprint density at radius 2 is 2.04 bits per heavy atom. The predicted molar refractivity (Wildman–Crippen MR) is 103 cm³/mol. The SMILES string of the molecule is CCC1(CNC(=NC)NCc2ccccc2-n2ccc(C)n2)CCC1. The number of hydrogen-bond donors (Lipinski definition) is 2. The maximum atomic E-state index is 4.53. The summed E-state index contributed by atoms with van der Waals surface area (Å²) >= 11 is 0. The highest BCUT2D eigenvalue weighted by molar-refractivity contribution is 5.79. The third-order valence-electron chi connectivity index (χ3n) is 5.43. The van der Waals surface area contributed by atoms with Gasteiger partial charge in [0, 0.05) is 26.3 Å². The van der Waals surface area contributed by atoms with Gasteiger partial charge in [0.25, 0.3) is 0 Å². The summed E-state index contributed by atoms with van der Waals surface area (Å²) in [5.41, 5.74) is 3.79. The van der Waals surface area contributed by atoms with Crippen molar-refractivity contribution in [2.24, 2.45) is 10.4 Å². The zero-order valence-corrected chi connectivity index (χ0v) is 15.5. The number of aliphatic imine (C=N–C) groups is 1. The van der Waals surface area contributed by atoms with Gasteiger partial charge in [0.05, 0.1) is 11.4 Å². The molecule has 0 bridgehead atoms. The lowest BCUT2D eigenvalue weighted by molar-refractivity contribution is 0.131. The lowest BCUT2D eigenvalue weighted by Gasteiger charge is -2.41. The molecule has 1 saturated carbocycles. The summed E-state index contributed by atoms with van der Waals surface area (Å²) in [4.78, 5) is 4.38. The van der Waals surface area contributed by atoms with Crippen LogP contribution in [-0.2, 0) is 6.54 Å². The van der Waals surface area contributed by atoms with Crippen LogP contribution in [0.5, 0.6) is 0 Å². The van der Waals surface area contributed by atoms with Crippen LogP contribution in [0.3, 0.4) is 0 Å². The van der Waals surface area contributed by atoms with E-state index in [1.807, 2.05) is 37.0 Å². The van der Waals surface area contributed by atoms with Crippen molar-refractivity contribution >= 4 is 5.96 Å². The second-order valence-electron chi connectivity index (χ2n) is 7.02. The molecule has 1 aliphatic carbocycles. The summed E-state index contributed by atoms with van der Waals surface area (Å²) in [5, 5.41) is 11.5. The van der Waals surface area contributed by atoms with Gasteiger partial charge in [0.15, 0.2) is 5.96 Å². The molecule has 0 unspecified atom stereocenters. The molecular weight excluding hydrogens is 310 g/mol. The number of nitrogens with one attached hydrogen (secondary N) is 2. The van der Waals surface area contributed by atoms with Crippen LogP contribution >= 0.6 is 0 Å². The summed E-state index contributed by atoms with van der Waals surface area (Å²) in [6, 6.07) is 10.4. The van der Waals surface area contributed by atoms with Crippen molar-refractivity contribution in [3.8, 4) is 5.69 Å². The number of para-hydroxylation sites is 1. The quantitative estimate of drug-likeness (QED) is 0.626. The smallest absolute Gasteiger partial charge is 0.191 e. The summed E-state index contributed by atoms with van der Waals surface area (Å²) in [6.45, 7) is 6.02. The molecule has 5 heteroatoms. The maximum Gasteiger partial charge on any atom is 0.191 e. The predicted octanol–water partition coefficient (Wildman–Crippen LogP) is 3.43. The average Bonchev–Trinajstić information content (AvgIpc) is 3.03. The fraction of sp³-hybridized carbons (Fsp3) is 0.500. The minimum Gasteiger partial charge on any atom is -0.356 e. The standard InChI is InChI=1S/C20H29N5/c1-4-20(11-7-12-20)15-23-19(21-3)22-14-17-8-5-6-9-18(17)25-13-10-16(2)24-25/h5-6,8-10,13H,4,7,11-12,14-15H2,1-3H3,(H2,21,22,23). The van der Waals surface area contributed by atoms with Crippen LogP contribution in [0.1, 0.15) is 43.9 Å². The Labute approximate surface area is 150 Å². The maximum absolute atomic E-state index is 4.53. The van der Waals surface area contributed by atoms with E-state index < -0.39 is 0 Å². The zero-order chi connectivity index (χ0) is 17.7. The van der Waals surface area contributed by atoms with E-state index in [0.717, 1.165) is 23.9 Å². The fourth-order valence-corrected chi connectivity index (χ4v) is 3.44. The molecule has 5 nitrogen and oxygen atoms in total. The molecular formula is C20H29N5. The Morgan fingerprint density at radius 3 is 2.64 bits per heavy atom. The first-order valence-electron chi connectivity index (χ1n) is 9.21. The highest BCUT2D eigenvalue weighted by Gasteiger charge is 2.34. The van der Waals surface area contributed by atoms with Crippen molar-refractivity contribution in [1.29, 1.82) is 0 Å². The van der Waals surface area contributed by atoms with Crippen molar-refractivity contribution in [3.63, 3.8) is 0 Å². The van der Waals surface area contributed by atoms with Gasteiger partial charge in [0.2, 0.25) is 0 Å². The molecule has 1 heterocycles. The van der Waals surface area contributed by atoms with Gasteiger partial charge in [0.1, 0.15) is 0 Å². The first-order valence-corrected chi connectivity index (χ1v) is 9.21. The van der Waals surface area contributed by atoms with Crippen LogP contribution in [0.25, 0.3) is 5.69 Å². The molecule has 1 aromatic carbocycles. The molecule has 3 rings (SSSR count). The van der Waals surface area contributed by atoms with E-state index in [1.165, 1.54) is 31.2 Å². The minimum absolute atomic E-state index is 0.474. The van der Waals surface area contributed by atoms with Gasteiger partial charge < -0.3 is 10.6 Å². The van der Waals surface area contributed by atoms with Crippen LogP contribution in [0, 0.1) is 12.3 Å². The molecule has 2 N–H and O–H groups in total. The number of rotatable bonds is 6. The molecule has 1 fully saturated rings. The number of benzene rings is 1. The summed E-state index contributed by atoms with van der Waals surface area (Å²) in [7, 11) is 1.83. The van der Waals surface area contributed by atoms with E-state index in [0.29, 0.717) is 12.0 Å². The molecule has 1 aromatic heterocycles. The highest BCUT2D eigenvalue weighted by atomic mass is 15.3. The average molecular weight is 339 g/mol. The normalized spacial score (nSPS) is 16.4. The van der Waals surface area contributed by atoms with Gasteiger partial charge in [-0.3, -0.25) is 4.99 Å². The van der Waals surface area contributed by atoms with Crippen LogP contribution in [0.15, 0.2) is 41.5 Å². The topological polar surface area (TPSA) is 54.2 Å². The highest BCUT2D eigenvalue weighted by Crippen LogP contribution is 2.42. The van der Waals surface area contributed by atoms with Crippen LogP contribution < -0.4 is 10.6 Å². The molecule has 0 aliphatic heterocycles. The number of aromatic nitrogens is 2. The van der Waals surface area contributed by atoms with Crippen LogP contribution in [0.2, 0.25) is 0 Å². The molecule has 25 heavy (non-hydrogen) atoms. The van der Waals surface area contributed by atoms with Crippen LogP contribution in [-0.4, -0.2) is 29.3 Å². The van der Waals surface area contributed by atoms with Gasteiger partial charge in [-0.15, -0.1) is 0 Å². The fourth-order valence-electron chi connectivity index (χ4n) is 3.44. The van der Waals surface area contributed by atoms with E-state index in [-0.39, 0.29) is 0 Å². The Hall–Kier alpha value is -2.30. The van der Waals surface area contributed by atoms with Gasteiger partial charge >= 0.3 is 0 Å². The lowest BCUT2D eigenvalue weighted by Crippen LogP contribution is -2.46. The number of aryl methyl sites for hydroxylation is 1. The summed E-state index contributed by atoms with van der Waals surface area (Å²) in [6.07, 6.45) is 7.25. The first kappa shape index (κ1) is 17.5. The van der Waals surface area contributed by atoms with Gasteiger partial charge in [-0.1, -0.05) is 31.5 Å². The summed E-state index contributed by atoms with van der Waals surface area (Å²) in [5.74, 6) is 0.867. The Kier molecular flexibility index (Phi) is 5.41. The third-order valence-corrected chi connectivity index (χ3v) is 5.43. The van der Waals surface area contributed by atoms with Crippen LogP contribution in [0.4, 0.5) is 0 Å². The third kappa shape index (κ3) is 4.03. The molecule has 0 radical (unpaired) electrons.